The van der Waals surface area contributed by atoms with E-state index in [-0.39, 0.29) is 5.41 Å². The van der Waals surface area contributed by atoms with E-state index in [0.29, 0.717) is 12.4 Å². The summed E-state index contributed by atoms with van der Waals surface area (Å²) < 4.78 is 5.16. The van der Waals surface area contributed by atoms with E-state index in [2.05, 4.69) is 16.4 Å². The van der Waals surface area contributed by atoms with Crippen molar-refractivity contribution in [2.45, 2.75) is 26.8 Å². The van der Waals surface area contributed by atoms with Crippen LogP contribution in [0.4, 0.5) is 0 Å². The van der Waals surface area contributed by atoms with Crippen molar-refractivity contribution in [2.24, 2.45) is 5.41 Å². The Morgan fingerprint density at radius 1 is 1.53 bits per heavy atom. The quantitative estimate of drug-likeness (QED) is 0.765. The molecule has 0 amide bonds. The van der Waals surface area contributed by atoms with Gasteiger partial charge < -0.3 is 10.1 Å². The topological polar surface area (TPSA) is 57.9 Å². The van der Waals surface area contributed by atoms with Crippen molar-refractivity contribution in [1.82, 2.24) is 10.3 Å². The molecule has 92 valence electrons. The number of nitrogens with one attached hydrogen (secondary N) is 1. The minimum atomic E-state index is -0.272. The number of ether oxygens (including phenoxy) is 1. The van der Waals surface area contributed by atoms with Gasteiger partial charge in [0.05, 0.1) is 18.6 Å². The second-order valence-electron chi connectivity index (χ2n) is 4.59. The number of methoxy groups -OCH3 is 1. The number of nitrogens with zero attached hydrogens (tertiary/aromatic N) is 2. The highest BCUT2D eigenvalue weighted by Crippen LogP contribution is 2.18. The summed E-state index contributed by atoms with van der Waals surface area (Å²) in [7, 11) is 1.62. The molecule has 1 aromatic heterocycles. The van der Waals surface area contributed by atoms with Crippen LogP contribution in [0.3, 0.4) is 0 Å². The molecule has 4 nitrogen and oxygen atoms in total. The van der Waals surface area contributed by atoms with E-state index in [1.54, 1.807) is 13.3 Å². The van der Waals surface area contributed by atoms with Crippen LogP contribution in [0.25, 0.3) is 0 Å². The first kappa shape index (κ1) is 13.5. The molecule has 0 radical (unpaired) electrons. The van der Waals surface area contributed by atoms with Crippen molar-refractivity contribution < 1.29 is 4.74 Å². The Hall–Kier alpha value is -1.60. The summed E-state index contributed by atoms with van der Waals surface area (Å²) in [6.45, 7) is 5.40. The van der Waals surface area contributed by atoms with Gasteiger partial charge in [-0.1, -0.05) is 6.07 Å². The molecule has 1 heterocycles. The third-order valence-electron chi connectivity index (χ3n) is 2.59. The highest BCUT2D eigenvalue weighted by Gasteiger charge is 2.15. The molecule has 0 aliphatic rings. The van der Waals surface area contributed by atoms with Gasteiger partial charge in [0, 0.05) is 18.3 Å². The predicted octanol–water partition coefficient (Wildman–Crippen LogP) is 2.12. The van der Waals surface area contributed by atoms with Crippen molar-refractivity contribution >= 4 is 0 Å². The maximum Gasteiger partial charge on any atom is 0.217 e. The SMILES string of the molecule is COc1ncccc1CNCCC(C)(C)C#N. The summed E-state index contributed by atoms with van der Waals surface area (Å²) >= 11 is 0. The molecule has 0 bridgehead atoms. The summed E-state index contributed by atoms with van der Waals surface area (Å²) in [5.41, 5.74) is 0.760. The van der Waals surface area contributed by atoms with Gasteiger partial charge in [-0.2, -0.15) is 5.26 Å². The number of nitriles is 1. The van der Waals surface area contributed by atoms with Gasteiger partial charge in [-0.15, -0.1) is 0 Å². The van der Waals surface area contributed by atoms with Crippen LogP contribution >= 0.6 is 0 Å². The molecule has 1 rings (SSSR count). The predicted molar refractivity (Wildman–Crippen MR) is 66.5 cm³/mol. The van der Waals surface area contributed by atoms with Gasteiger partial charge >= 0.3 is 0 Å². The van der Waals surface area contributed by atoms with Crippen LogP contribution in [0.5, 0.6) is 5.88 Å². The standard InChI is InChI=1S/C13H19N3O/c1-13(2,10-14)6-8-15-9-11-5-4-7-16-12(11)17-3/h4-5,7,15H,6,8-9H2,1-3H3. The van der Waals surface area contributed by atoms with Crippen LogP contribution in [-0.2, 0) is 6.54 Å². The first-order valence-corrected chi connectivity index (χ1v) is 5.69. The summed E-state index contributed by atoms with van der Waals surface area (Å²) in [6.07, 6.45) is 2.53. The Morgan fingerprint density at radius 3 is 2.94 bits per heavy atom. The van der Waals surface area contributed by atoms with Crippen LogP contribution in [0.2, 0.25) is 0 Å². The highest BCUT2D eigenvalue weighted by molar-refractivity contribution is 5.24. The van der Waals surface area contributed by atoms with Crippen LogP contribution in [0.1, 0.15) is 25.8 Å². The molecule has 0 saturated carbocycles. The van der Waals surface area contributed by atoms with E-state index < -0.39 is 0 Å². The van der Waals surface area contributed by atoms with Crippen LogP contribution in [0.15, 0.2) is 18.3 Å². The van der Waals surface area contributed by atoms with E-state index >= 15 is 0 Å². The molecule has 0 aliphatic heterocycles. The van der Waals surface area contributed by atoms with Gasteiger partial charge in [0.25, 0.3) is 0 Å². The minimum absolute atomic E-state index is 0.272. The molecule has 0 aliphatic carbocycles. The van der Waals surface area contributed by atoms with E-state index in [4.69, 9.17) is 10.00 Å². The van der Waals surface area contributed by atoms with E-state index in [9.17, 15) is 0 Å². The molecule has 0 atom stereocenters. The molecule has 0 unspecified atom stereocenters. The molecule has 0 saturated heterocycles. The van der Waals surface area contributed by atoms with Gasteiger partial charge in [0.15, 0.2) is 0 Å². The smallest absolute Gasteiger partial charge is 0.217 e. The van der Waals surface area contributed by atoms with Crippen LogP contribution in [0, 0.1) is 16.7 Å². The molecule has 1 N–H and O–H groups in total. The molecule has 0 spiro atoms. The number of aromatic nitrogens is 1. The highest BCUT2D eigenvalue weighted by atomic mass is 16.5. The molecule has 0 fully saturated rings. The van der Waals surface area contributed by atoms with Crippen molar-refractivity contribution in [1.29, 1.82) is 5.26 Å². The molecule has 4 heteroatoms. The molecule has 1 aromatic rings. The number of pyridine rings is 1. The first-order valence-electron chi connectivity index (χ1n) is 5.69. The maximum absolute atomic E-state index is 8.88. The lowest BCUT2D eigenvalue weighted by atomic mass is 9.91. The van der Waals surface area contributed by atoms with E-state index in [0.717, 1.165) is 18.5 Å². The fourth-order valence-corrected chi connectivity index (χ4v) is 1.42. The Kier molecular flexibility index (Phi) is 4.92. The van der Waals surface area contributed by atoms with Gasteiger partial charge in [0.2, 0.25) is 5.88 Å². The third kappa shape index (κ3) is 4.41. The van der Waals surface area contributed by atoms with Crippen molar-refractivity contribution in [3.63, 3.8) is 0 Å². The number of hydrogen-bond donors (Lipinski definition) is 1. The lowest BCUT2D eigenvalue weighted by molar-refractivity contribution is 0.388. The Balaban J connectivity index is 2.39. The van der Waals surface area contributed by atoms with E-state index in [1.165, 1.54) is 0 Å². The lowest BCUT2D eigenvalue weighted by Crippen LogP contribution is -2.21. The van der Waals surface area contributed by atoms with Gasteiger partial charge in [0.1, 0.15) is 0 Å². The van der Waals surface area contributed by atoms with Crippen molar-refractivity contribution in [2.75, 3.05) is 13.7 Å². The Bertz CT molecular complexity index is 396. The third-order valence-corrected chi connectivity index (χ3v) is 2.59. The fraction of sp³-hybridized carbons (Fsp3) is 0.538. The zero-order chi connectivity index (χ0) is 12.7. The van der Waals surface area contributed by atoms with Crippen molar-refractivity contribution in [3.05, 3.63) is 23.9 Å². The average Bonchev–Trinajstić information content (AvgIpc) is 2.35. The van der Waals surface area contributed by atoms with Crippen LogP contribution < -0.4 is 10.1 Å². The monoisotopic (exact) mass is 233 g/mol. The number of rotatable bonds is 6. The summed E-state index contributed by atoms with van der Waals surface area (Å²) in [5.74, 6) is 0.652. The maximum atomic E-state index is 8.88. The lowest BCUT2D eigenvalue weighted by Gasteiger charge is -2.15. The van der Waals surface area contributed by atoms with Crippen LogP contribution in [-0.4, -0.2) is 18.6 Å². The fourth-order valence-electron chi connectivity index (χ4n) is 1.42. The molecular formula is C13H19N3O. The summed E-state index contributed by atoms with van der Waals surface area (Å²) in [4.78, 5) is 4.13. The molecular weight excluding hydrogens is 214 g/mol. The summed E-state index contributed by atoms with van der Waals surface area (Å²) in [6, 6.07) is 6.15. The Labute approximate surface area is 103 Å². The normalized spacial score (nSPS) is 10.9. The van der Waals surface area contributed by atoms with Crippen molar-refractivity contribution in [3.8, 4) is 11.9 Å². The Morgan fingerprint density at radius 2 is 2.29 bits per heavy atom. The second-order valence-corrected chi connectivity index (χ2v) is 4.59. The average molecular weight is 233 g/mol. The summed E-state index contributed by atoms with van der Waals surface area (Å²) in [5, 5.41) is 12.2. The van der Waals surface area contributed by atoms with Gasteiger partial charge in [-0.25, -0.2) is 4.98 Å². The van der Waals surface area contributed by atoms with Gasteiger partial charge in [-0.05, 0) is 32.9 Å². The zero-order valence-electron chi connectivity index (χ0n) is 10.7. The zero-order valence-corrected chi connectivity index (χ0v) is 10.7. The minimum Gasteiger partial charge on any atom is -0.481 e. The molecule has 0 aromatic carbocycles. The second kappa shape index (κ2) is 6.21. The first-order chi connectivity index (χ1) is 8.09. The number of hydrogen-bond acceptors (Lipinski definition) is 4. The van der Waals surface area contributed by atoms with E-state index in [1.807, 2.05) is 26.0 Å². The molecule has 17 heavy (non-hydrogen) atoms. The van der Waals surface area contributed by atoms with Gasteiger partial charge in [-0.3, -0.25) is 0 Å². The largest absolute Gasteiger partial charge is 0.481 e.